The molecule has 1 aliphatic heterocycles. The van der Waals surface area contributed by atoms with Crippen LogP contribution in [0, 0.1) is 10.1 Å². The number of amides is 1. The first-order valence-corrected chi connectivity index (χ1v) is 6.17. The van der Waals surface area contributed by atoms with Crippen LogP contribution in [0.15, 0.2) is 36.4 Å². The van der Waals surface area contributed by atoms with Gasteiger partial charge in [-0.25, -0.2) is 0 Å². The second-order valence-electron chi connectivity index (χ2n) is 4.63. The topological polar surface area (TPSA) is 107 Å². The number of carbonyl (C=O) groups is 1. The molecule has 2 aromatic rings. The van der Waals surface area contributed by atoms with Crippen LogP contribution in [0.1, 0.15) is 5.56 Å². The molecule has 0 atom stereocenters. The van der Waals surface area contributed by atoms with E-state index in [9.17, 15) is 14.9 Å². The first kappa shape index (κ1) is 12.9. The molecule has 7 heteroatoms. The summed E-state index contributed by atoms with van der Waals surface area (Å²) in [5.74, 6) is 0.311. The van der Waals surface area contributed by atoms with Crippen molar-refractivity contribution in [3.05, 3.63) is 52.1 Å². The minimum Gasteiger partial charge on any atom is -0.450 e. The summed E-state index contributed by atoms with van der Waals surface area (Å²) in [5.41, 5.74) is 7.10. The van der Waals surface area contributed by atoms with E-state index in [0.717, 1.165) is 0 Å². The smallest absolute Gasteiger partial charge is 0.312 e. The number of nitrogens with two attached hydrogens (primary N) is 1. The second kappa shape index (κ2) is 4.78. The Bertz CT molecular complexity index is 741. The van der Waals surface area contributed by atoms with Crippen LogP contribution in [0.4, 0.5) is 17.1 Å². The van der Waals surface area contributed by atoms with Gasteiger partial charge in [-0.2, -0.15) is 0 Å². The fourth-order valence-electron chi connectivity index (χ4n) is 2.13. The van der Waals surface area contributed by atoms with E-state index < -0.39 is 4.92 Å². The molecule has 0 bridgehead atoms. The number of nitrogen functional groups attached to an aromatic ring is 1. The average molecular weight is 285 g/mol. The summed E-state index contributed by atoms with van der Waals surface area (Å²) in [6, 6.07) is 9.33. The fourth-order valence-corrected chi connectivity index (χ4v) is 2.13. The molecule has 3 rings (SSSR count). The summed E-state index contributed by atoms with van der Waals surface area (Å²) in [7, 11) is 0. The van der Waals surface area contributed by atoms with Gasteiger partial charge in [-0.3, -0.25) is 14.9 Å². The molecule has 0 aromatic heterocycles. The molecule has 1 aliphatic rings. The van der Waals surface area contributed by atoms with Crippen molar-refractivity contribution in [2.75, 3.05) is 11.1 Å². The van der Waals surface area contributed by atoms with Crippen molar-refractivity contribution >= 4 is 23.0 Å². The maximum absolute atomic E-state index is 11.4. The largest absolute Gasteiger partial charge is 0.450 e. The van der Waals surface area contributed by atoms with Crippen LogP contribution in [0.25, 0.3) is 0 Å². The zero-order valence-electron chi connectivity index (χ0n) is 10.8. The summed E-state index contributed by atoms with van der Waals surface area (Å²) < 4.78 is 5.54. The minimum atomic E-state index is -0.532. The number of anilines is 2. The Labute approximate surface area is 119 Å². The van der Waals surface area contributed by atoms with E-state index in [4.69, 9.17) is 10.5 Å². The number of benzene rings is 2. The number of nitro benzene ring substituents is 1. The molecule has 21 heavy (non-hydrogen) atoms. The Morgan fingerprint density at radius 3 is 2.62 bits per heavy atom. The highest BCUT2D eigenvalue weighted by Crippen LogP contribution is 2.38. The van der Waals surface area contributed by atoms with E-state index in [2.05, 4.69) is 5.32 Å². The molecular weight excluding hydrogens is 274 g/mol. The third-order valence-electron chi connectivity index (χ3n) is 3.11. The Balaban J connectivity index is 2.01. The number of rotatable bonds is 3. The van der Waals surface area contributed by atoms with Crippen LogP contribution in [0.5, 0.6) is 11.5 Å². The normalized spacial score (nSPS) is 12.7. The molecule has 1 heterocycles. The zero-order valence-corrected chi connectivity index (χ0v) is 10.8. The molecule has 1 amide bonds. The van der Waals surface area contributed by atoms with E-state index in [-0.39, 0.29) is 23.8 Å². The van der Waals surface area contributed by atoms with Crippen molar-refractivity contribution in [1.82, 2.24) is 0 Å². The van der Waals surface area contributed by atoms with Crippen LogP contribution in [-0.4, -0.2) is 10.8 Å². The lowest BCUT2D eigenvalue weighted by molar-refractivity contribution is -0.385. The van der Waals surface area contributed by atoms with Crippen LogP contribution in [0.3, 0.4) is 0 Å². The molecule has 2 aromatic carbocycles. The molecule has 0 aliphatic carbocycles. The lowest BCUT2D eigenvalue weighted by Gasteiger charge is -2.08. The van der Waals surface area contributed by atoms with Crippen molar-refractivity contribution in [3.63, 3.8) is 0 Å². The number of nitrogens with one attached hydrogen (secondary N) is 1. The van der Waals surface area contributed by atoms with Crippen LogP contribution >= 0.6 is 0 Å². The monoisotopic (exact) mass is 285 g/mol. The SMILES string of the molecule is Nc1ccc(Oc2cc3c(cc2[N+](=O)[O-])CC(=O)N3)cc1. The van der Waals surface area contributed by atoms with Gasteiger partial charge in [0, 0.05) is 23.5 Å². The van der Waals surface area contributed by atoms with Gasteiger partial charge >= 0.3 is 5.69 Å². The van der Waals surface area contributed by atoms with Crippen molar-refractivity contribution in [2.45, 2.75) is 6.42 Å². The second-order valence-corrected chi connectivity index (χ2v) is 4.63. The van der Waals surface area contributed by atoms with E-state index in [1.165, 1.54) is 12.1 Å². The number of fused-ring (bicyclic) bond motifs is 1. The standard InChI is InChI=1S/C14H11N3O4/c15-9-1-3-10(4-2-9)21-13-7-11-8(6-14(18)16-11)5-12(13)17(19)20/h1-5,7H,6,15H2,(H,16,18). The van der Waals surface area contributed by atoms with E-state index in [0.29, 0.717) is 22.7 Å². The van der Waals surface area contributed by atoms with Gasteiger partial charge in [-0.15, -0.1) is 0 Å². The van der Waals surface area contributed by atoms with Gasteiger partial charge in [0.2, 0.25) is 11.7 Å². The molecule has 7 nitrogen and oxygen atoms in total. The summed E-state index contributed by atoms with van der Waals surface area (Å²) in [4.78, 5) is 22.0. The number of hydrogen-bond donors (Lipinski definition) is 2. The number of nitro groups is 1. The minimum absolute atomic E-state index is 0.0747. The predicted molar refractivity (Wildman–Crippen MR) is 76.4 cm³/mol. The highest BCUT2D eigenvalue weighted by Gasteiger charge is 2.25. The molecular formula is C14H11N3O4. The lowest BCUT2D eigenvalue weighted by atomic mass is 10.1. The number of ether oxygens (including phenoxy) is 1. The van der Waals surface area contributed by atoms with Gasteiger partial charge in [0.15, 0.2) is 0 Å². The molecule has 0 saturated heterocycles. The third kappa shape index (κ3) is 2.48. The number of hydrogen-bond acceptors (Lipinski definition) is 5. The Kier molecular flexibility index (Phi) is 2.94. The molecule has 0 fully saturated rings. The maximum Gasteiger partial charge on any atom is 0.312 e. The van der Waals surface area contributed by atoms with Crippen molar-refractivity contribution in [2.24, 2.45) is 0 Å². The Morgan fingerprint density at radius 1 is 1.24 bits per heavy atom. The van der Waals surface area contributed by atoms with Gasteiger partial charge in [-0.05, 0) is 29.8 Å². The van der Waals surface area contributed by atoms with Crippen molar-refractivity contribution in [3.8, 4) is 11.5 Å². The molecule has 0 spiro atoms. The zero-order chi connectivity index (χ0) is 15.0. The van der Waals surface area contributed by atoms with Gasteiger partial charge in [0.05, 0.1) is 11.3 Å². The van der Waals surface area contributed by atoms with E-state index >= 15 is 0 Å². The molecule has 106 valence electrons. The highest BCUT2D eigenvalue weighted by atomic mass is 16.6. The number of nitrogens with zero attached hydrogens (tertiary/aromatic N) is 1. The Hall–Kier alpha value is -3.09. The number of carbonyl (C=O) groups excluding carboxylic acids is 1. The quantitative estimate of drug-likeness (QED) is 0.511. The molecule has 0 saturated carbocycles. The van der Waals surface area contributed by atoms with Crippen LogP contribution in [0.2, 0.25) is 0 Å². The van der Waals surface area contributed by atoms with Gasteiger partial charge in [-0.1, -0.05) is 0 Å². The Morgan fingerprint density at radius 2 is 1.95 bits per heavy atom. The summed E-state index contributed by atoms with van der Waals surface area (Å²) >= 11 is 0. The van der Waals surface area contributed by atoms with Crippen LogP contribution < -0.4 is 15.8 Å². The van der Waals surface area contributed by atoms with Crippen molar-refractivity contribution in [1.29, 1.82) is 0 Å². The summed E-state index contributed by atoms with van der Waals surface area (Å²) in [5, 5.41) is 13.8. The first-order valence-electron chi connectivity index (χ1n) is 6.17. The van der Waals surface area contributed by atoms with Gasteiger partial charge in [0.1, 0.15) is 5.75 Å². The third-order valence-corrected chi connectivity index (χ3v) is 3.11. The average Bonchev–Trinajstić information content (AvgIpc) is 2.79. The van der Waals surface area contributed by atoms with Crippen molar-refractivity contribution < 1.29 is 14.5 Å². The van der Waals surface area contributed by atoms with Gasteiger partial charge in [0.25, 0.3) is 0 Å². The van der Waals surface area contributed by atoms with Gasteiger partial charge < -0.3 is 15.8 Å². The lowest BCUT2D eigenvalue weighted by Crippen LogP contribution is -2.03. The highest BCUT2D eigenvalue weighted by molar-refractivity contribution is 5.99. The predicted octanol–water partition coefficient (Wildman–Crippen LogP) is 2.46. The molecule has 0 radical (unpaired) electrons. The van der Waals surface area contributed by atoms with E-state index in [1.807, 2.05) is 0 Å². The molecule has 0 unspecified atom stereocenters. The summed E-state index contributed by atoms with van der Waals surface area (Å²) in [6.45, 7) is 0. The first-order chi connectivity index (χ1) is 10.0. The van der Waals surface area contributed by atoms with E-state index in [1.54, 1.807) is 24.3 Å². The van der Waals surface area contributed by atoms with Crippen LogP contribution in [-0.2, 0) is 11.2 Å². The summed E-state index contributed by atoms with van der Waals surface area (Å²) in [6.07, 6.45) is 0.137. The maximum atomic E-state index is 11.4. The molecule has 3 N–H and O–H groups in total. The fraction of sp³-hybridized carbons (Fsp3) is 0.0714.